The van der Waals surface area contributed by atoms with Crippen LogP contribution in [0.3, 0.4) is 0 Å². The normalized spacial score (nSPS) is 23.2. The molecule has 3 heterocycles. The Labute approximate surface area is 153 Å². The zero-order chi connectivity index (χ0) is 17.9. The molecule has 1 aliphatic carbocycles. The summed E-state index contributed by atoms with van der Waals surface area (Å²) < 4.78 is 5.43. The van der Waals surface area contributed by atoms with Crippen molar-refractivity contribution in [1.29, 1.82) is 0 Å². The van der Waals surface area contributed by atoms with Crippen LogP contribution in [0.1, 0.15) is 49.4 Å². The minimum Gasteiger partial charge on any atom is -0.356 e. The Morgan fingerprint density at radius 2 is 2.23 bits per heavy atom. The highest BCUT2D eigenvalue weighted by Gasteiger charge is 2.31. The standard InChI is InChI=1S/C20H24N4O2/c1-14-10-18(26-23-14)17-11-21-13-22-19(17)16-8-5-9-24(12-16)20(25)15-6-3-2-4-7-15/h2-3,10-11,13,15-16H,4-9,12H2,1H3/t15-,16+/m0/s1. The highest BCUT2D eigenvalue weighted by Crippen LogP contribution is 2.34. The number of nitrogens with zero attached hydrogens (tertiary/aromatic N) is 4. The first-order valence-electron chi connectivity index (χ1n) is 9.39. The first-order chi connectivity index (χ1) is 12.7. The molecule has 1 fully saturated rings. The van der Waals surface area contributed by atoms with Gasteiger partial charge in [-0.25, -0.2) is 9.97 Å². The van der Waals surface area contributed by atoms with E-state index in [4.69, 9.17) is 4.52 Å². The Hall–Kier alpha value is -2.50. The van der Waals surface area contributed by atoms with Crippen molar-refractivity contribution >= 4 is 5.91 Å². The van der Waals surface area contributed by atoms with Crippen LogP contribution in [0.4, 0.5) is 0 Å². The molecule has 2 aromatic heterocycles. The summed E-state index contributed by atoms with van der Waals surface area (Å²) in [5, 5.41) is 3.98. The van der Waals surface area contributed by atoms with Crippen LogP contribution >= 0.6 is 0 Å². The van der Waals surface area contributed by atoms with Gasteiger partial charge in [-0.2, -0.15) is 0 Å². The SMILES string of the molecule is Cc1cc(-c2cncnc2[C@@H]2CCCN(C(=O)[C@H]3CC=CCC3)C2)on1. The van der Waals surface area contributed by atoms with Gasteiger partial charge in [-0.1, -0.05) is 17.3 Å². The van der Waals surface area contributed by atoms with Crippen LogP contribution in [0.2, 0.25) is 0 Å². The summed E-state index contributed by atoms with van der Waals surface area (Å²) in [5.41, 5.74) is 2.67. The largest absolute Gasteiger partial charge is 0.356 e. The second-order valence-electron chi connectivity index (χ2n) is 7.26. The van der Waals surface area contributed by atoms with Gasteiger partial charge in [0.1, 0.15) is 6.33 Å². The maximum atomic E-state index is 12.9. The lowest BCUT2D eigenvalue weighted by atomic mass is 9.88. The Morgan fingerprint density at radius 1 is 1.31 bits per heavy atom. The van der Waals surface area contributed by atoms with E-state index in [1.807, 2.05) is 17.9 Å². The highest BCUT2D eigenvalue weighted by atomic mass is 16.5. The maximum absolute atomic E-state index is 12.9. The number of aryl methyl sites for hydroxylation is 1. The summed E-state index contributed by atoms with van der Waals surface area (Å²) in [5.74, 6) is 1.33. The topological polar surface area (TPSA) is 72.1 Å². The van der Waals surface area contributed by atoms with Gasteiger partial charge in [0.05, 0.1) is 17.0 Å². The molecule has 2 aliphatic rings. The van der Waals surface area contributed by atoms with Crippen molar-refractivity contribution in [3.63, 3.8) is 0 Å². The molecule has 4 rings (SSSR count). The number of carbonyl (C=O) groups is 1. The molecule has 0 N–H and O–H groups in total. The van der Waals surface area contributed by atoms with E-state index in [2.05, 4.69) is 27.3 Å². The van der Waals surface area contributed by atoms with Gasteiger partial charge in [-0.05, 0) is 39.0 Å². The average Bonchev–Trinajstić information content (AvgIpc) is 3.14. The zero-order valence-corrected chi connectivity index (χ0v) is 15.1. The third kappa shape index (κ3) is 3.41. The van der Waals surface area contributed by atoms with Crippen LogP contribution in [0.25, 0.3) is 11.3 Å². The smallest absolute Gasteiger partial charge is 0.226 e. The molecule has 6 nitrogen and oxygen atoms in total. The van der Waals surface area contributed by atoms with Gasteiger partial charge in [-0.3, -0.25) is 4.79 Å². The molecule has 1 aliphatic heterocycles. The van der Waals surface area contributed by atoms with Gasteiger partial charge < -0.3 is 9.42 Å². The number of amides is 1. The molecule has 0 bridgehead atoms. The fourth-order valence-electron chi connectivity index (χ4n) is 4.02. The van der Waals surface area contributed by atoms with Crippen molar-refractivity contribution in [3.8, 4) is 11.3 Å². The fourth-order valence-corrected chi connectivity index (χ4v) is 4.02. The molecule has 0 aromatic carbocycles. The molecule has 0 saturated carbocycles. The Kier molecular flexibility index (Phi) is 4.82. The number of piperidine rings is 1. The van der Waals surface area contributed by atoms with Crippen molar-refractivity contribution in [2.24, 2.45) is 5.92 Å². The first-order valence-corrected chi connectivity index (χ1v) is 9.39. The average molecular weight is 352 g/mol. The number of likely N-dealkylation sites (tertiary alicyclic amines) is 1. The van der Waals surface area contributed by atoms with Crippen LogP contribution in [-0.4, -0.2) is 39.0 Å². The number of aromatic nitrogens is 3. The van der Waals surface area contributed by atoms with Gasteiger partial charge in [0, 0.05) is 37.2 Å². The van der Waals surface area contributed by atoms with Gasteiger partial charge in [-0.15, -0.1) is 0 Å². The van der Waals surface area contributed by atoms with Gasteiger partial charge in [0.25, 0.3) is 0 Å². The van der Waals surface area contributed by atoms with E-state index in [0.29, 0.717) is 11.7 Å². The van der Waals surface area contributed by atoms with Crippen molar-refractivity contribution < 1.29 is 9.32 Å². The van der Waals surface area contributed by atoms with E-state index in [0.717, 1.165) is 62.1 Å². The van der Waals surface area contributed by atoms with Crippen LogP contribution in [0.15, 0.2) is 35.3 Å². The molecular weight excluding hydrogens is 328 g/mol. The molecule has 0 radical (unpaired) electrons. The number of hydrogen-bond donors (Lipinski definition) is 0. The maximum Gasteiger partial charge on any atom is 0.226 e. The third-order valence-electron chi connectivity index (χ3n) is 5.37. The van der Waals surface area contributed by atoms with E-state index in [-0.39, 0.29) is 11.8 Å². The Balaban J connectivity index is 1.55. The molecule has 136 valence electrons. The van der Waals surface area contributed by atoms with E-state index >= 15 is 0 Å². The summed E-state index contributed by atoms with van der Waals surface area (Å²) in [6, 6.07) is 1.91. The molecule has 2 aromatic rings. The monoisotopic (exact) mass is 352 g/mol. The Bertz CT molecular complexity index is 814. The molecule has 2 atom stereocenters. The summed E-state index contributed by atoms with van der Waals surface area (Å²) in [4.78, 5) is 23.7. The molecular formula is C20H24N4O2. The fraction of sp³-hybridized carbons (Fsp3) is 0.500. The zero-order valence-electron chi connectivity index (χ0n) is 15.1. The summed E-state index contributed by atoms with van der Waals surface area (Å²) in [7, 11) is 0. The molecule has 26 heavy (non-hydrogen) atoms. The lowest BCUT2D eigenvalue weighted by Crippen LogP contribution is -2.42. The lowest BCUT2D eigenvalue weighted by Gasteiger charge is -2.35. The van der Waals surface area contributed by atoms with E-state index in [9.17, 15) is 4.79 Å². The minimum absolute atomic E-state index is 0.139. The molecule has 6 heteroatoms. The predicted octanol–water partition coefficient (Wildman–Crippen LogP) is 3.50. The van der Waals surface area contributed by atoms with Gasteiger partial charge in [0.15, 0.2) is 5.76 Å². The quantitative estimate of drug-likeness (QED) is 0.791. The van der Waals surface area contributed by atoms with Crippen molar-refractivity contribution in [2.45, 2.75) is 44.9 Å². The van der Waals surface area contributed by atoms with Gasteiger partial charge >= 0.3 is 0 Å². The van der Waals surface area contributed by atoms with Crippen molar-refractivity contribution in [1.82, 2.24) is 20.0 Å². The first kappa shape index (κ1) is 16.9. The molecule has 0 spiro atoms. The van der Waals surface area contributed by atoms with E-state index in [1.165, 1.54) is 0 Å². The highest BCUT2D eigenvalue weighted by molar-refractivity contribution is 5.79. The minimum atomic E-state index is 0.139. The summed E-state index contributed by atoms with van der Waals surface area (Å²) >= 11 is 0. The van der Waals surface area contributed by atoms with E-state index < -0.39 is 0 Å². The second kappa shape index (κ2) is 7.40. The predicted molar refractivity (Wildman–Crippen MR) is 97.3 cm³/mol. The Morgan fingerprint density at radius 3 is 3.00 bits per heavy atom. The van der Waals surface area contributed by atoms with E-state index in [1.54, 1.807) is 12.5 Å². The summed E-state index contributed by atoms with van der Waals surface area (Å²) in [6.07, 6.45) is 12.5. The van der Waals surface area contributed by atoms with Crippen molar-refractivity contribution in [3.05, 3.63) is 42.1 Å². The molecule has 1 amide bonds. The lowest BCUT2D eigenvalue weighted by molar-refractivity contribution is -0.137. The number of hydrogen-bond acceptors (Lipinski definition) is 5. The van der Waals surface area contributed by atoms with Crippen LogP contribution in [-0.2, 0) is 4.79 Å². The number of allylic oxidation sites excluding steroid dienone is 2. The molecule has 0 unspecified atom stereocenters. The second-order valence-corrected chi connectivity index (χ2v) is 7.26. The van der Waals surface area contributed by atoms with Crippen LogP contribution in [0, 0.1) is 12.8 Å². The van der Waals surface area contributed by atoms with Gasteiger partial charge in [0.2, 0.25) is 5.91 Å². The van der Waals surface area contributed by atoms with Crippen LogP contribution < -0.4 is 0 Å². The number of carbonyl (C=O) groups excluding carboxylic acids is 1. The number of rotatable bonds is 3. The van der Waals surface area contributed by atoms with Crippen LogP contribution in [0.5, 0.6) is 0 Å². The van der Waals surface area contributed by atoms with Crippen molar-refractivity contribution in [2.75, 3.05) is 13.1 Å². The molecule has 1 saturated heterocycles. The summed E-state index contributed by atoms with van der Waals surface area (Å²) in [6.45, 7) is 3.46. The third-order valence-corrected chi connectivity index (χ3v) is 5.37.